The van der Waals surface area contributed by atoms with Crippen LogP contribution in [0.4, 0.5) is 11.4 Å². The van der Waals surface area contributed by atoms with Crippen molar-refractivity contribution in [2.24, 2.45) is 0 Å². The van der Waals surface area contributed by atoms with E-state index in [1.165, 1.54) is 18.2 Å². The molecule has 140 valence electrons. The highest BCUT2D eigenvalue weighted by atomic mass is 16.6. The van der Waals surface area contributed by atoms with Gasteiger partial charge in [-0.1, -0.05) is 54.6 Å². The summed E-state index contributed by atoms with van der Waals surface area (Å²) in [4.78, 5) is 35.9. The van der Waals surface area contributed by atoms with Gasteiger partial charge in [-0.15, -0.1) is 0 Å². The van der Waals surface area contributed by atoms with Crippen molar-refractivity contribution in [2.45, 2.75) is 13.3 Å². The molecule has 3 aromatic rings. The van der Waals surface area contributed by atoms with Crippen LogP contribution < -0.4 is 5.32 Å². The number of nitrogens with zero attached hydrogens (tertiary/aromatic N) is 1. The number of carbonyl (C=O) groups is 2. The van der Waals surface area contributed by atoms with Crippen molar-refractivity contribution < 1.29 is 14.5 Å². The maximum atomic E-state index is 12.9. The Balaban J connectivity index is 1.91. The summed E-state index contributed by atoms with van der Waals surface area (Å²) in [5.41, 5.74) is 2.37. The second-order valence-electron chi connectivity index (χ2n) is 6.33. The van der Waals surface area contributed by atoms with Gasteiger partial charge >= 0.3 is 0 Å². The molecule has 3 aromatic carbocycles. The largest absolute Gasteiger partial charge is 0.325 e. The minimum absolute atomic E-state index is 0.0820. The Morgan fingerprint density at radius 1 is 0.964 bits per heavy atom. The lowest BCUT2D eigenvalue weighted by molar-refractivity contribution is -0.384. The molecule has 0 aromatic heterocycles. The quantitative estimate of drug-likeness (QED) is 0.395. The van der Waals surface area contributed by atoms with Crippen molar-refractivity contribution in [1.82, 2.24) is 0 Å². The highest BCUT2D eigenvalue weighted by Gasteiger charge is 2.19. The van der Waals surface area contributed by atoms with Crippen molar-refractivity contribution in [3.05, 3.63) is 105 Å². The molecule has 0 aliphatic heterocycles. The van der Waals surface area contributed by atoms with Gasteiger partial charge in [0.2, 0.25) is 5.91 Å². The van der Waals surface area contributed by atoms with Crippen LogP contribution in [-0.4, -0.2) is 16.6 Å². The third-order valence-corrected chi connectivity index (χ3v) is 4.38. The van der Waals surface area contributed by atoms with E-state index < -0.39 is 10.7 Å². The normalized spacial score (nSPS) is 10.3. The van der Waals surface area contributed by atoms with Gasteiger partial charge in [0, 0.05) is 17.7 Å². The number of carbonyl (C=O) groups excluding carboxylic acids is 2. The number of aryl methyl sites for hydroxylation is 1. The first-order valence-corrected chi connectivity index (χ1v) is 8.68. The van der Waals surface area contributed by atoms with E-state index in [2.05, 4.69) is 5.32 Å². The van der Waals surface area contributed by atoms with E-state index in [1.807, 2.05) is 31.2 Å². The lowest BCUT2D eigenvalue weighted by Crippen LogP contribution is -2.17. The average molecular weight is 374 g/mol. The zero-order chi connectivity index (χ0) is 20.1. The molecule has 0 heterocycles. The average Bonchev–Trinajstić information content (AvgIpc) is 2.70. The smallest absolute Gasteiger partial charge is 0.270 e. The van der Waals surface area contributed by atoms with Crippen LogP contribution in [0.1, 0.15) is 27.0 Å². The van der Waals surface area contributed by atoms with E-state index in [0.29, 0.717) is 5.56 Å². The first kappa shape index (κ1) is 19.0. The third-order valence-electron chi connectivity index (χ3n) is 4.38. The van der Waals surface area contributed by atoms with Gasteiger partial charge in [0.1, 0.15) is 0 Å². The first-order valence-electron chi connectivity index (χ1n) is 8.68. The second kappa shape index (κ2) is 8.26. The Bertz CT molecular complexity index is 1050. The number of hydrogen-bond acceptors (Lipinski definition) is 4. The summed E-state index contributed by atoms with van der Waals surface area (Å²) in [5, 5.41) is 13.9. The molecule has 6 heteroatoms. The number of amides is 1. The summed E-state index contributed by atoms with van der Waals surface area (Å²) in [5.74, 6) is -0.694. The van der Waals surface area contributed by atoms with E-state index in [4.69, 9.17) is 0 Å². The van der Waals surface area contributed by atoms with Gasteiger partial charge in [-0.25, -0.2) is 0 Å². The van der Waals surface area contributed by atoms with Gasteiger partial charge in [-0.3, -0.25) is 19.7 Å². The molecule has 0 saturated heterocycles. The van der Waals surface area contributed by atoms with E-state index >= 15 is 0 Å². The topological polar surface area (TPSA) is 89.3 Å². The molecule has 0 spiro atoms. The van der Waals surface area contributed by atoms with Crippen molar-refractivity contribution in [3.63, 3.8) is 0 Å². The summed E-state index contributed by atoms with van der Waals surface area (Å²) in [6.07, 6.45) is 0.141. The van der Waals surface area contributed by atoms with Crippen molar-refractivity contribution >= 4 is 23.1 Å². The first-order chi connectivity index (χ1) is 13.5. The SMILES string of the molecule is Cc1ccccc1CC(=O)Nc1ccc([N+](=O)[O-])cc1C(=O)c1ccccc1. The highest BCUT2D eigenvalue weighted by molar-refractivity contribution is 6.14. The van der Waals surface area contributed by atoms with Crippen LogP contribution in [0.15, 0.2) is 72.8 Å². The number of non-ortho nitro benzene ring substituents is 1. The second-order valence-corrected chi connectivity index (χ2v) is 6.33. The van der Waals surface area contributed by atoms with Crippen LogP contribution in [0.25, 0.3) is 0 Å². The molecule has 3 rings (SSSR count). The third kappa shape index (κ3) is 4.29. The molecule has 6 nitrogen and oxygen atoms in total. The van der Waals surface area contributed by atoms with E-state index in [-0.39, 0.29) is 29.3 Å². The summed E-state index contributed by atoms with van der Waals surface area (Å²) >= 11 is 0. The maximum Gasteiger partial charge on any atom is 0.270 e. The zero-order valence-electron chi connectivity index (χ0n) is 15.2. The molecule has 1 N–H and O–H groups in total. The van der Waals surface area contributed by atoms with Crippen LogP contribution in [0, 0.1) is 17.0 Å². The van der Waals surface area contributed by atoms with Crippen LogP contribution in [0.3, 0.4) is 0 Å². The van der Waals surface area contributed by atoms with Crippen LogP contribution in [0.2, 0.25) is 0 Å². The van der Waals surface area contributed by atoms with Crippen molar-refractivity contribution in [3.8, 4) is 0 Å². The highest BCUT2D eigenvalue weighted by Crippen LogP contribution is 2.25. The van der Waals surface area contributed by atoms with E-state index in [1.54, 1.807) is 30.3 Å². The molecule has 1 amide bonds. The fourth-order valence-corrected chi connectivity index (χ4v) is 2.86. The molecule has 0 fully saturated rings. The van der Waals surface area contributed by atoms with Crippen molar-refractivity contribution in [2.75, 3.05) is 5.32 Å². The molecule has 0 aliphatic rings. The number of rotatable bonds is 6. The Morgan fingerprint density at radius 2 is 1.64 bits per heavy atom. The summed E-state index contributed by atoms with van der Waals surface area (Å²) < 4.78 is 0. The van der Waals surface area contributed by atoms with E-state index in [0.717, 1.165) is 11.1 Å². The van der Waals surface area contributed by atoms with Crippen molar-refractivity contribution in [1.29, 1.82) is 0 Å². The molecule has 28 heavy (non-hydrogen) atoms. The number of benzene rings is 3. The van der Waals surface area contributed by atoms with Gasteiger partial charge in [-0.05, 0) is 24.1 Å². The maximum absolute atomic E-state index is 12.9. The Labute approximate surface area is 162 Å². The fourth-order valence-electron chi connectivity index (χ4n) is 2.86. The molecule has 0 radical (unpaired) electrons. The predicted molar refractivity (Wildman–Crippen MR) is 106 cm³/mol. The summed E-state index contributed by atoms with van der Waals surface area (Å²) in [6, 6.07) is 19.8. The van der Waals surface area contributed by atoms with Gasteiger partial charge < -0.3 is 5.32 Å². The van der Waals surface area contributed by atoms with Crippen LogP contribution in [-0.2, 0) is 11.2 Å². The predicted octanol–water partition coefficient (Wildman–Crippen LogP) is 4.32. The monoisotopic (exact) mass is 374 g/mol. The minimum atomic E-state index is -0.569. The van der Waals surface area contributed by atoms with E-state index in [9.17, 15) is 19.7 Å². The fraction of sp³-hybridized carbons (Fsp3) is 0.0909. The lowest BCUT2D eigenvalue weighted by atomic mass is 10.0. The van der Waals surface area contributed by atoms with Gasteiger partial charge in [0.15, 0.2) is 5.78 Å². The van der Waals surface area contributed by atoms with Gasteiger partial charge in [0.25, 0.3) is 5.69 Å². The molecular weight excluding hydrogens is 356 g/mol. The number of ketones is 1. The zero-order valence-corrected chi connectivity index (χ0v) is 15.2. The number of hydrogen-bond donors (Lipinski definition) is 1. The lowest BCUT2D eigenvalue weighted by Gasteiger charge is -2.11. The number of nitro benzene ring substituents is 1. The molecule has 0 bridgehead atoms. The number of nitrogens with one attached hydrogen (secondary N) is 1. The van der Waals surface area contributed by atoms with Crippen LogP contribution >= 0.6 is 0 Å². The summed E-state index contributed by atoms with van der Waals surface area (Å²) in [6.45, 7) is 1.92. The number of anilines is 1. The Kier molecular flexibility index (Phi) is 5.60. The van der Waals surface area contributed by atoms with Crippen LogP contribution in [0.5, 0.6) is 0 Å². The molecule has 0 atom stereocenters. The molecule has 0 unspecified atom stereocenters. The Morgan fingerprint density at radius 3 is 2.32 bits per heavy atom. The number of nitro groups is 1. The standard InChI is InChI=1S/C22H18N2O4/c1-15-7-5-6-10-17(15)13-21(25)23-20-12-11-18(24(27)28)14-19(20)22(26)16-8-3-2-4-9-16/h2-12,14H,13H2,1H3,(H,23,25). The van der Waals surface area contributed by atoms with Gasteiger partial charge in [0.05, 0.1) is 22.6 Å². The molecule has 0 aliphatic carbocycles. The minimum Gasteiger partial charge on any atom is -0.325 e. The molecule has 0 saturated carbocycles. The molecular formula is C22H18N2O4. The van der Waals surface area contributed by atoms with Gasteiger partial charge in [-0.2, -0.15) is 0 Å². The summed E-state index contributed by atoms with van der Waals surface area (Å²) in [7, 11) is 0. The Hall–Kier alpha value is -3.80.